The second-order valence-electron chi connectivity index (χ2n) is 4.16. The van der Waals surface area contributed by atoms with Crippen LogP contribution in [0.3, 0.4) is 0 Å². The van der Waals surface area contributed by atoms with Gasteiger partial charge in [0.05, 0.1) is 22.1 Å². The summed E-state index contributed by atoms with van der Waals surface area (Å²) in [4.78, 5) is 8.54. The quantitative estimate of drug-likeness (QED) is 0.689. The molecule has 1 aromatic carbocycles. The van der Waals surface area contributed by atoms with Crippen LogP contribution in [0.1, 0.15) is 9.88 Å². The number of imidazole rings is 1. The first-order valence-corrected chi connectivity index (χ1v) is 7.55. The van der Waals surface area contributed by atoms with Gasteiger partial charge in [-0.15, -0.1) is 11.3 Å². The van der Waals surface area contributed by atoms with Crippen LogP contribution in [0, 0.1) is 17.5 Å². The van der Waals surface area contributed by atoms with Gasteiger partial charge in [-0.1, -0.05) is 0 Å². The Balaban J connectivity index is 2.15. The van der Waals surface area contributed by atoms with Gasteiger partial charge in [0.15, 0.2) is 4.77 Å². The van der Waals surface area contributed by atoms with Crippen molar-refractivity contribution < 1.29 is 4.39 Å². The Morgan fingerprint density at radius 1 is 1.53 bits per heavy atom. The van der Waals surface area contributed by atoms with Crippen LogP contribution in [-0.4, -0.2) is 14.5 Å². The van der Waals surface area contributed by atoms with Gasteiger partial charge >= 0.3 is 0 Å². The molecule has 3 rings (SSSR count). The van der Waals surface area contributed by atoms with Gasteiger partial charge in [0.1, 0.15) is 10.8 Å². The van der Waals surface area contributed by atoms with E-state index in [9.17, 15) is 4.39 Å². The maximum Gasteiger partial charge on any atom is 0.178 e. The molecule has 0 aliphatic carbocycles. The molecule has 19 heavy (non-hydrogen) atoms. The van der Waals surface area contributed by atoms with Crippen molar-refractivity contribution in [1.82, 2.24) is 14.5 Å². The number of benzene rings is 1. The molecule has 0 saturated heterocycles. The molecule has 0 spiro atoms. The topological polar surface area (TPSA) is 33.6 Å². The Kier molecular flexibility index (Phi) is 3.28. The van der Waals surface area contributed by atoms with Crippen LogP contribution in [0.2, 0.25) is 0 Å². The normalized spacial score (nSPS) is 11.3. The van der Waals surface area contributed by atoms with Crippen LogP contribution >= 0.6 is 39.5 Å². The van der Waals surface area contributed by atoms with Crippen LogP contribution in [0.4, 0.5) is 4.39 Å². The molecule has 0 aliphatic heterocycles. The molecule has 2 aromatic heterocycles. The highest BCUT2D eigenvalue weighted by atomic mass is 79.9. The maximum atomic E-state index is 13.7. The lowest BCUT2D eigenvalue weighted by molar-refractivity contribution is 0.622. The Bertz CT molecular complexity index is 818. The molecule has 3 nitrogen and oxygen atoms in total. The van der Waals surface area contributed by atoms with Crippen LogP contribution in [0.5, 0.6) is 0 Å². The number of rotatable bonds is 2. The summed E-state index contributed by atoms with van der Waals surface area (Å²) in [7, 11) is 0. The van der Waals surface area contributed by atoms with Gasteiger partial charge in [-0.3, -0.25) is 0 Å². The summed E-state index contributed by atoms with van der Waals surface area (Å²) in [5, 5.41) is 0.956. The van der Waals surface area contributed by atoms with E-state index >= 15 is 0 Å². The van der Waals surface area contributed by atoms with Crippen molar-refractivity contribution in [1.29, 1.82) is 0 Å². The van der Waals surface area contributed by atoms with E-state index in [4.69, 9.17) is 12.2 Å². The Morgan fingerprint density at radius 3 is 3.00 bits per heavy atom. The SMILES string of the molecule is Cc1cnc(Cn2c(=S)[nH]c3cc(Br)c(F)cc32)s1. The molecule has 0 amide bonds. The van der Waals surface area contributed by atoms with Gasteiger partial charge in [-0.25, -0.2) is 9.37 Å². The van der Waals surface area contributed by atoms with E-state index in [1.165, 1.54) is 6.07 Å². The first-order chi connectivity index (χ1) is 9.04. The minimum absolute atomic E-state index is 0.300. The number of fused-ring (bicyclic) bond motifs is 1. The third-order valence-corrected chi connectivity index (χ3v) is 4.61. The van der Waals surface area contributed by atoms with Crippen molar-refractivity contribution in [3.63, 3.8) is 0 Å². The summed E-state index contributed by atoms with van der Waals surface area (Å²) >= 11 is 10.1. The molecule has 0 bridgehead atoms. The van der Waals surface area contributed by atoms with Crippen molar-refractivity contribution in [2.24, 2.45) is 0 Å². The molecule has 0 saturated carbocycles. The van der Waals surface area contributed by atoms with Gasteiger partial charge in [0.25, 0.3) is 0 Å². The molecule has 0 radical (unpaired) electrons. The summed E-state index contributed by atoms with van der Waals surface area (Å²) in [5.41, 5.74) is 1.56. The number of H-pyrrole nitrogens is 1. The van der Waals surface area contributed by atoms with E-state index in [1.807, 2.05) is 17.7 Å². The number of nitrogens with zero attached hydrogens (tertiary/aromatic N) is 2. The predicted molar refractivity (Wildman–Crippen MR) is 80.7 cm³/mol. The van der Waals surface area contributed by atoms with Crippen molar-refractivity contribution in [2.45, 2.75) is 13.5 Å². The second kappa shape index (κ2) is 4.81. The number of hydrogen-bond acceptors (Lipinski definition) is 3. The standard InChI is InChI=1S/C12H9BrFN3S2/c1-6-4-15-11(19-6)5-17-10-3-8(14)7(13)2-9(10)16-12(17)18/h2-4H,5H2,1H3,(H,16,18). The Morgan fingerprint density at radius 2 is 2.32 bits per heavy atom. The summed E-state index contributed by atoms with van der Waals surface area (Å²) in [6.07, 6.45) is 1.83. The fourth-order valence-electron chi connectivity index (χ4n) is 1.92. The van der Waals surface area contributed by atoms with E-state index in [2.05, 4.69) is 25.9 Å². The molecular formula is C12H9BrFN3S2. The van der Waals surface area contributed by atoms with Gasteiger partial charge in [-0.2, -0.15) is 0 Å². The molecule has 0 aliphatic rings. The number of hydrogen-bond donors (Lipinski definition) is 1. The molecule has 1 N–H and O–H groups in total. The van der Waals surface area contributed by atoms with Crippen molar-refractivity contribution in [2.75, 3.05) is 0 Å². The smallest absolute Gasteiger partial charge is 0.178 e. The Labute approximate surface area is 126 Å². The largest absolute Gasteiger partial charge is 0.331 e. The summed E-state index contributed by atoms with van der Waals surface area (Å²) < 4.78 is 16.5. The summed E-state index contributed by atoms with van der Waals surface area (Å²) in [6.45, 7) is 2.56. The monoisotopic (exact) mass is 357 g/mol. The highest BCUT2D eigenvalue weighted by molar-refractivity contribution is 9.10. The third kappa shape index (κ3) is 2.37. The van der Waals surface area contributed by atoms with Crippen LogP contribution < -0.4 is 0 Å². The lowest BCUT2D eigenvalue weighted by atomic mass is 10.3. The predicted octanol–water partition coefficient (Wildman–Crippen LogP) is 4.41. The highest BCUT2D eigenvalue weighted by Crippen LogP contribution is 2.24. The zero-order valence-electron chi connectivity index (χ0n) is 9.91. The van der Waals surface area contributed by atoms with E-state index in [-0.39, 0.29) is 5.82 Å². The lowest BCUT2D eigenvalue weighted by Crippen LogP contribution is -1.99. The summed E-state index contributed by atoms with van der Waals surface area (Å²) in [6, 6.07) is 3.18. The van der Waals surface area contributed by atoms with Gasteiger partial charge in [0.2, 0.25) is 0 Å². The minimum atomic E-state index is -0.300. The van der Waals surface area contributed by atoms with Crippen molar-refractivity contribution >= 4 is 50.5 Å². The van der Waals surface area contributed by atoms with E-state index in [0.29, 0.717) is 15.8 Å². The number of aromatic nitrogens is 3. The first-order valence-electron chi connectivity index (χ1n) is 5.53. The maximum absolute atomic E-state index is 13.7. The number of halogens is 2. The van der Waals surface area contributed by atoms with Crippen molar-refractivity contribution in [3.8, 4) is 0 Å². The van der Waals surface area contributed by atoms with Crippen molar-refractivity contribution in [3.05, 3.63) is 43.3 Å². The highest BCUT2D eigenvalue weighted by Gasteiger charge is 2.10. The van der Waals surface area contributed by atoms with Crippen LogP contribution in [-0.2, 0) is 6.54 Å². The third-order valence-electron chi connectivity index (χ3n) is 2.78. The fraction of sp³-hybridized carbons (Fsp3) is 0.167. The Hall–Kier alpha value is -1.05. The molecular weight excluding hydrogens is 349 g/mol. The number of aryl methyl sites for hydroxylation is 1. The minimum Gasteiger partial charge on any atom is -0.331 e. The molecule has 0 unspecified atom stereocenters. The first kappa shape index (κ1) is 13.0. The van der Waals surface area contributed by atoms with Crippen LogP contribution in [0.15, 0.2) is 22.8 Å². The molecule has 0 fully saturated rings. The lowest BCUT2D eigenvalue weighted by Gasteiger charge is -2.02. The van der Waals surface area contributed by atoms with Crippen LogP contribution in [0.25, 0.3) is 11.0 Å². The zero-order chi connectivity index (χ0) is 13.6. The van der Waals surface area contributed by atoms with E-state index in [1.54, 1.807) is 17.4 Å². The molecule has 0 atom stereocenters. The average Bonchev–Trinajstić information content (AvgIpc) is 2.87. The fourth-order valence-corrected chi connectivity index (χ4v) is 3.31. The van der Waals surface area contributed by atoms with E-state index < -0.39 is 0 Å². The number of aromatic amines is 1. The summed E-state index contributed by atoms with van der Waals surface area (Å²) in [5.74, 6) is -0.300. The molecule has 7 heteroatoms. The van der Waals surface area contributed by atoms with Gasteiger partial charge in [-0.05, 0) is 41.1 Å². The van der Waals surface area contributed by atoms with E-state index in [0.717, 1.165) is 20.9 Å². The average molecular weight is 358 g/mol. The zero-order valence-corrected chi connectivity index (χ0v) is 13.1. The molecule has 3 aromatic rings. The van der Waals surface area contributed by atoms with Gasteiger partial charge < -0.3 is 9.55 Å². The number of thiazole rings is 1. The molecule has 98 valence electrons. The van der Waals surface area contributed by atoms with Gasteiger partial charge in [0, 0.05) is 17.1 Å². The number of nitrogens with one attached hydrogen (secondary N) is 1. The molecule has 2 heterocycles. The second-order valence-corrected chi connectivity index (χ2v) is 6.72.